The summed E-state index contributed by atoms with van der Waals surface area (Å²) in [5.74, 6) is 0.687. The number of carbonyl (C=O) groups is 1. The third kappa shape index (κ3) is 5.01. The lowest BCUT2D eigenvalue weighted by molar-refractivity contribution is -0.154. The maximum absolute atomic E-state index is 11.7. The van der Waals surface area contributed by atoms with E-state index >= 15 is 0 Å². The van der Waals surface area contributed by atoms with Gasteiger partial charge in [-0.25, -0.2) is 4.98 Å². The van der Waals surface area contributed by atoms with Crippen LogP contribution in [-0.2, 0) is 16.1 Å². The van der Waals surface area contributed by atoms with Gasteiger partial charge in [-0.3, -0.25) is 4.79 Å². The van der Waals surface area contributed by atoms with Crippen LogP contribution in [0, 0.1) is 5.41 Å². The molecule has 0 atom stereocenters. The number of pyridine rings is 1. The number of anilines is 1. The van der Waals surface area contributed by atoms with Crippen molar-refractivity contribution in [3.63, 3.8) is 0 Å². The number of esters is 1. The molecule has 1 saturated heterocycles. The predicted octanol–water partition coefficient (Wildman–Crippen LogP) is 2.33. The molecule has 0 amide bonds. The van der Waals surface area contributed by atoms with E-state index in [4.69, 9.17) is 4.74 Å². The lowest BCUT2D eigenvalue weighted by Crippen LogP contribution is -2.35. The number of nitrogens with one attached hydrogen (secondary N) is 2. The summed E-state index contributed by atoms with van der Waals surface area (Å²) in [6, 6.07) is 4.39. The Balaban J connectivity index is 1.82. The third-order valence-electron chi connectivity index (χ3n) is 3.50. The van der Waals surface area contributed by atoms with Crippen molar-refractivity contribution in [2.45, 2.75) is 46.3 Å². The van der Waals surface area contributed by atoms with Crippen LogP contribution in [0.4, 0.5) is 5.82 Å². The smallest absolute Gasteiger partial charge is 0.311 e. The van der Waals surface area contributed by atoms with E-state index in [1.807, 2.05) is 32.9 Å². The van der Waals surface area contributed by atoms with Gasteiger partial charge in [-0.05, 0) is 52.8 Å². The molecule has 0 aliphatic carbocycles. The van der Waals surface area contributed by atoms with Crippen molar-refractivity contribution in [3.8, 4) is 0 Å². The van der Waals surface area contributed by atoms with E-state index in [-0.39, 0.29) is 12.6 Å². The van der Waals surface area contributed by atoms with Gasteiger partial charge in [-0.15, -0.1) is 0 Å². The van der Waals surface area contributed by atoms with Gasteiger partial charge in [-0.1, -0.05) is 6.07 Å². The highest BCUT2D eigenvalue weighted by Crippen LogP contribution is 2.17. The van der Waals surface area contributed by atoms with Crippen molar-refractivity contribution >= 4 is 11.8 Å². The van der Waals surface area contributed by atoms with Crippen LogP contribution in [0.1, 0.15) is 39.2 Å². The van der Waals surface area contributed by atoms with E-state index < -0.39 is 5.41 Å². The first-order valence-electron chi connectivity index (χ1n) is 7.54. The zero-order valence-electron chi connectivity index (χ0n) is 13.1. The van der Waals surface area contributed by atoms with Gasteiger partial charge >= 0.3 is 5.97 Å². The normalized spacial score (nSPS) is 16.5. The Morgan fingerprint density at radius 1 is 1.38 bits per heavy atom. The fourth-order valence-corrected chi connectivity index (χ4v) is 2.14. The number of piperidine rings is 1. The predicted molar refractivity (Wildman–Crippen MR) is 83.0 cm³/mol. The SMILES string of the molecule is CC(C)(C)C(=O)OCc1ccc(NC2CCNCC2)nc1. The van der Waals surface area contributed by atoms with E-state index in [9.17, 15) is 4.79 Å². The van der Waals surface area contributed by atoms with E-state index in [0.717, 1.165) is 37.3 Å². The minimum Gasteiger partial charge on any atom is -0.460 e. The number of hydrogen-bond acceptors (Lipinski definition) is 5. The lowest BCUT2D eigenvalue weighted by atomic mass is 9.97. The number of hydrogen-bond donors (Lipinski definition) is 2. The first kappa shape index (κ1) is 15.8. The molecule has 1 aliphatic heterocycles. The molecule has 1 aromatic rings. The molecule has 0 unspecified atom stereocenters. The second-order valence-electron chi connectivity index (χ2n) is 6.55. The van der Waals surface area contributed by atoms with Crippen LogP contribution in [0.25, 0.3) is 0 Å². The quantitative estimate of drug-likeness (QED) is 0.834. The number of nitrogens with zero attached hydrogens (tertiary/aromatic N) is 1. The summed E-state index contributed by atoms with van der Waals surface area (Å²) in [7, 11) is 0. The molecule has 21 heavy (non-hydrogen) atoms. The molecule has 0 radical (unpaired) electrons. The molecule has 2 N–H and O–H groups in total. The molecule has 1 aromatic heterocycles. The average molecular weight is 291 g/mol. The molecule has 116 valence electrons. The van der Waals surface area contributed by atoms with Crippen LogP contribution in [0.3, 0.4) is 0 Å². The molecular weight excluding hydrogens is 266 g/mol. The van der Waals surface area contributed by atoms with Gasteiger partial charge in [-0.2, -0.15) is 0 Å². The number of rotatable bonds is 4. The van der Waals surface area contributed by atoms with Crippen molar-refractivity contribution < 1.29 is 9.53 Å². The molecular formula is C16H25N3O2. The Hall–Kier alpha value is -1.62. The van der Waals surface area contributed by atoms with Gasteiger partial charge in [0.15, 0.2) is 0 Å². The Morgan fingerprint density at radius 2 is 2.10 bits per heavy atom. The third-order valence-corrected chi connectivity index (χ3v) is 3.50. The monoisotopic (exact) mass is 291 g/mol. The van der Waals surface area contributed by atoms with Gasteiger partial charge in [0.05, 0.1) is 5.41 Å². The average Bonchev–Trinajstić information content (AvgIpc) is 2.46. The van der Waals surface area contributed by atoms with Crippen LogP contribution in [-0.4, -0.2) is 30.1 Å². The van der Waals surface area contributed by atoms with Crippen LogP contribution < -0.4 is 10.6 Å². The largest absolute Gasteiger partial charge is 0.460 e. The number of carbonyl (C=O) groups excluding carboxylic acids is 1. The fraction of sp³-hybridized carbons (Fsp3) is 0.625. The second kappa shape index (κ2) is 6.89. The van der Waals surface area contributed by atoms with Crippen LogP contribution in [0.2, 0.25) is 0 Å². The Labute approximate surface area is 126 Å². The van der Waals surface area contributed by atoms with Crippen LogP contribution in [0.5, 0.6) is 0 Å². The Kier molecular flexibility index (Phi) is 5.17. The highest BCUT2D eigenvalue weighted by molar-refractivity contribution is 5.75. The maximum Gasteiger partial charge on any atom is 0.311 e. The summed E-state index contributed by atoms with van der Waals surface area (Å²) in [5.41, 5.74) is 0.438. The van der Waals surface area contributed by atoms with Crippen LogP contribution in [0.15, 0.2) is 18.3 Å². The van der Waals surface area contributed by atoms with E-state index in [1.165, 1.54) is 0 Å². The topological polar surface area (TPSA) is 63.2 Å². The van der Waals surface area contributed by atoms with Crippen molar-refractivity contribution in [1.82, 2.24) is 10.3 Å². The number of ether oxygens (including phenoxy) is 1. The molecule has 0 spiro atoms. The highest BCUT2D eigenvalue weighted by atomic mass is 16.5. The first-order valence-corrected chi connectivity index (χ1v) is 7.54. The van der Waals surface area contributed by atoms with Gasteiger partial charge in [0.1, 0.15) is 12.4 Å². The molecule has 0 saturated carbocycles. The molecule has 2 rings (SSSR count). The van der Waals surface area contributed by atoms with Gasteiger partial charge in [0, 0.05) is 17.8 Å². The molecule has 5 nitrogen and oxygen atoms in total. The Bertz CT molecular complexity index is 459. The fourth-order valence-electron chi connectivity index (χ4n) is 2.14. The second-order valence-corrected chi connectivity index (χ2v) is 6.55. The molecule has 0 aromatic carbocycles. The summed E-state index contributed by atoms with van der Waals surface area (Å²) in [5, 5.41) is 6.78. The highest BCUT2D eigenvalue weighted by Gasteiger charge is 2.22. The summed E-state index contributed by atoms with van der Waals surface area (Å²) in [6.45, 7) is 7.92. The van der Waals surface area contributed by atoms with Crippen molar-refractivity contribution in [2.75, 3.05) is 18.4 Å². The van der Waals surface area contributed by atoms with Crippen molar-refractivity contribution in [3.05, 3.63) is 23.9 Å². The van der Waals surface area contributed by atoms with E-state index in [2.05, 4.69) is 15.6 Å². The minimum absolute atomic E-state index is 0.195. The lowest BCUT2D eigenvalue weighted by Gasteiger charge is -2.24. The van der Waals surface area contributed by atoms with E-state index in [1.54, 1.807) is 6.20 Å². The van der Waals surface area contributed by atoms with Crippen LogP contribution >= 0.6 is 0 Å². The minimum atomic E-state index is -0.468. The summed E-state index contributed by atoms with van der Waals surface area (Å²) < 4.78 is 5.27. The zero-order chi connectivity index (χ0) is 15.3. The Morgan fingerprint density at radius 3 is 2.67 bits per heavy atom. The molecule has 1 aliphatic rings. The maximum atomic E-state index is 11.7. The molecule has 1 fully saturated rings. The van der Waals surface area contributed by atoms with Gasteiger partial charge in [0.25, 0.3) is 0 Å². The first-order chi connectivity index (χ1) is 9.95. The molecule has 5 heteroatoms. The molecule has 0 bridgehead atoms. The summed E-state index contributed by atoms with van der Waals surface area (Å²) in [4.78, 5) is 16.1. The summed E-state index contributed by atoms with van der Waals surface area (Å²) >= 11 is 0. The standard InChI is InChI=1S/C16H25N3O2/c1-16(2,3)15(20)21-11-12-4-5-14(18-10-12)19-13-6-8-17-9-7-13/h4-5,10,13,17H,6-9,11H2,1-3H3,(H,18,19). The van der Waals surface area contributed by atoms with Crippen molar-refractivity contribution in [1.29, 1.82) is 0 Å². The number of aromatic nitrogens is 1. The van der Waals surface area contributed by atoms with Crippen molar-refractivity contribution in [2.24, 2.45) is 5.41 Å². The van der Waals surface area contributed by atoms with Gasteiger partial charge in [0.2, 0.25) is 0 Å². The summed E-state index contributed by atoms with van der Waals surface area (Å²) in [6.07, 6.45) is 4.00. The molecule has 2 heterocycles. The van der Waals surface area contributed by atoms with Gasteiger partial charge < -0.3 is 15.4 Å². The zero-order valence-corrected chi connectivity index (χ0v) is 13.1. The van der Waals surface area contributed by atoms with E-state index in [0.29, 0.717) is 6.04 Å².